The first kappa shape index (κ1) is 20.7. The first-order valence-corrected chi connectivity index (χ1v) is 9.39. The number of benzene rings is 1. The Bertz CT molecular complexity index is 875. The number of hydrogen-bond donors (Lipinski definition) is 2. The first-order chi connectivity index (χ1) is 14.0. The summed E-state index contributed by atoms with van der Waals surface area (Å²) < 4.78 is 24.2. The van der Waals surface area contributed by atoms with Gasteiger partial charge in [-0.25, -0.2) is 4.39 Å². The van der Waals surface area contributed by atoms with Crippen molar-refractivity contribution in [3.63, 3.8) is 0 Å². The number of rotatable bonds is 6. The number of hydrogen-bond acceptors (Lipinski definition) is 5. The lowest BCUT2D eigenvalue weighted by Crippen LogP contribution is -2.52. The number of amides is 1. The molecular weight excluding hydrogens is 377 g/mol. The van der Waals surface area contributed by atoms with Crippen molar-refractivity contribution in [3.05, 3.63) is 53.2 Å². The van der Waals surface area contributed by atoms with Gasteiger partial charge in [0.15, 0.2) is 23.3 Å². The average Bonchev–Trinajstić information content (AvgIpc) is 3.19. The molecule has 0 unspecified atom stereocenters. The van der Waals surface area contributed by atoms with E-state index in [4.69, 9.17) is 14.9 Å². The van der Waals surface area contributed by atoms with Crippen LogP contribution in [0.1, 0.15) is 21.9 Å². The SMILES string of the molecule is CN=C(NCc1ccc(C(N)=O)o1)N1CCN(Cc2ccc(OC)c(F)c2)CC1. The molecule has 1 saturated heterocycles. The van der Waals surface area contributed by atoms with Crippen LogP contribution in [0.15, 0.2) is 39.7 Å². The minimum absolute atomic E-state index is 0.139. The predicted octanol–water partition coefficient (Wildman–Crippen LogP) is 1.42. The molecule has 0 saturated carbocycles. The maximum absolute atomic E-state index is 13.9. The summed E-state index contributed by atoms with van der Waals surface area (Å²) in [5, 5.41) is 3.24. The fourth-order valence-electron chi connectivity index (χ4n) is 3.29. The number of primary amides is 1. The van der Waals surface area contributed by atoms with E-state index in [2.05, 4.69) is 20.1 Å². The second-order valence-electron chi connectivity index (χ2n) is 6.76. The van der Waals surface area contributed by atoms with Gasteiger partial charge < -0.3 is 25.1 Å². The van der Waals surface area contributed by atoms with Gasteiger partial charge in [-0.05, 0) is 29.8 Å². The average molecular weight is 403 g/mol. The van der Waals surface area contributed by atoms with E-state index in [1.165, 1.54) is 13.2 Å². The molecule has 3 N–H and O–H groups in total. The van der Waals surface area contributed by atoms with E-state index in [9.17, 15) is 9.18 Å². The molecule has 9 heteroatoms. The number of halogens is 1. The van der Waals surface area contributed by atoms with Crippen molar-refractivity contribution in [2.75, 3.05) is 40.3 Å². The summed E-state index contributed by atoms with van der Waals surface area (Å²) in [6.45, 7) is 4.35. The van der Waals surface area contributed by atoms with E-state index in [0.29, 0.717) is 18.8 Å². The minimum Gasteiger partial charge on any atom is -0.494 e. The third kappa shape index (κ3) is 5.26. The number of furan rings is 1. The largest absolute Gasteiger partial charge is 0.494 e. The van der Waals surface area contributed by atoms with Crippen LogP contribution in [0.2, 0.25) is 0 Å². The molecule has 1 aliphatic heterocycles. The molecule has 29 heavy (non-hydrogen) atoms. The van der Waals surface area contributed by atoms with Crippen molar-refractivity contribution in [2.24, 2.45) is 10.7 Å². The third-order valence-electron chi connectivity index (χ3n) is 4.83. The highest BCUT2D eigenvalue weighted by molar-refractivity contribution is 5.89. The summed E-state index contributed by atoms with van der Waals surface area (Å²) in [5.74, 6) is 0.838. The van der Waals surface area contributed by atoms with Crippen LogP contribution in [0.4, 0.5) is 4.39 Å². The zero-order valence-corrected chi connectivity index (χ0v) is 16.7. The molecule has 1 aliphatic rings. The zero-order chi connectivity index (χ0) is 20.8. The summed E-state index contributed by atoms with van der Waals surface area (Å²) in [6, 6.07) is 8.34. The lowest BCUT2D eigenvalue weighted by atomic mass is 10.2. The van der Waals surface area contributed by atoms with Gasteiger partial charge in [-0.2, -0.15) is 0 Å². The van der Waals surface area contributed by atoms with Crippen molar-refractivity contribution in [3.8, 4) is 5.75 Å². The number of piperazine rings is 1. The Kier molecular flexibility index (Phi) is 6.71. The Labute approximate surface area is 169 Å². The zero-order valence-electron chi connectivity index (χ0n) is 16.7. The number of nitrogens with two attached hydrogens (primary N) is 1. The molecule has 8 nitrogen and oxygen atoms in total. The van der Waals surface area contributed by atoms with Crippen LogP contribution in [0.3, 0.4) is 0 Å². The quantitative estimate of drug-likeness (QED) is 0.559. The normalized spacial score (nSPS) is 15.4. The molecule has 1 aromatic carbocycles. The summed E-state index contributed by atoms with van der Waals surface area (Å²) >= 11 is 0. The second kappa shape index (κ2) is 9.42. The Hall–Kier alpha value is -3.07. The van der Waals surface area contributed by atoms with Gasteiger partial charge >= 0.3 is 0 Å². The molecule has 156 valence electrons. The highest BCUT2D eigenvalue weighted by Crippen LogP contribution is 2.19. The minimum atomic E-state index is -0.589. The van der Waals surface area contributed by atoms with Crippen molar-refractivity contribution in [1.29, 1.82) is 0 Å². The number of carbonyl (C=O) groups is 1. The van der Waals surface area contributed by atoms with Gasteiger partial charge in [0.2, 0.25) is 0 Å². The van der Waals surface area contributed by atoms with Gasteiger partial charge in [-0.1, -0.05) is 6.07 Å². The number of nitrogens with zero attached hydrogens (tertiary/aromatic N) is 3. The van der Waals surface area contributed by atoms with Crippen molar-refractivity contribution >= 4 is 11.9 Å². The van der Waals surface area contributed by atoms with Gasteiger partial charge in [0.1, 0.15) is 5.76 Å². The number of ether oxygens (including phenoxy) is 1. The van der Waals surface area contributed by atoms with Crippen molar-refractivity contribution < 1.29 is 18.3 Å². The number of nitrogens with one attached hydrogen (secondary N) is 1. The molecule has 0 spiro atoms. The van der Waals surface area contributed by atoms with Crippen LogP contribution in [0, 0.1) is 5.82 Å². The second-order valence-corrected chi connectivity index (χ2v) is 6.76. The van der Waals surface area contributed by atoms with E-state index >= 15 is 0 Å². The van der Waals surface area contributed by atoms with Gasteiger partial charge in [0.05, 0.1) is 13.7 Å². The van der Waals surface area contributed by atoms with E-state index in [-0.39, 0.29) is 17.3 Å². The Morgan fingerprint density at radius 1 is 1.28 bits per heavy atom. The van der Waals surface area contributed by atoms with Gasteiger partial charge in [-0.3, -0.25) is 14.7 Å². The molecule has 1 amide bonds. The monoisotopic (exact) mass is 403 g/mol. The van der Waals surface area contributed by atoms with E-state index < -0.39 is 5.91 Å². The molecule has 0 atom stereocenters. The molecular formula is C20H26FN5O3. The van der Waals surface area contributed by atoms with Gasteiger partial charge in [-0.15, -0.1) is 0 Å². The maximum Gasteiger partial charge on any atom is 0.284 e. The van der Waals surface area contributed by atoms with Crippen LogP contribution in [-0.4, -0.2) is 62.0 Å². The van der Waals surface area contributed by atoms with Crippen LogP contribution < -0.4 is 15.8 Å². The predicted molar refractivity (Wildman–Crippen MR) is 107 cm³/mol. The van der Waals surface area contributed by atoms with Crippen LogP contribution >= 0.6 is 0 Å². The standard InChI is InChI=1S/C20H26FN5O3/c1-23-20(24-12-15-4-6-18(29-15)19(22)27)26-9-7-25(8-10-26)13-14-3-5-17(28-2)16(21)11-14/h3-6,11H,7-10,12-13H2,1-2H3,(H2,22,27)(H,23,24). The number of methoxy groups -OCH3 is 1. The highest BCUT2D eigenvalue weighted by Gasteiger charge is 2.20. The third-order valence-corrected chi connectivity index (χ3v) is 4.83. The molecule has 1 aromatic heterocycles. The number of guanidine groups is 1. The van der Waals surface area contributed by atoms with Crippen LogP contribution in [0.25, 0.3) is 0 Å². The Balaban J connectivity index is 1.49. The summed E-state index contributed by atoms with van der Waals surface area (Å²) in [6.07, 6.45) is 0. The molecule has 2 aromatic rings. The Morgan fingerprint density at radius 2 is 2.03 bits per heavy atom. The van der Waals surface area contributed by atoms with E-state index in [1.54, 1.807) is 25.2 Å². The Morgan fingerprint density at radius 3 is 2.62 bits per heavy atom. The highest BCUT2D eigenvalue weighted by atomic mass is 19.1. The molecule has 2 heterocycles. The van der Waals surface area contributed by atoms with Crippen molar-refractivity contribution in [2.45, 2.75) is 13.1 Å². The topological polar surface area (TPSA) is 96.3 Å². The molecule has 1 fully saturated rings. The van der Waals surface area contributed by atoms with Gasteiger partial charge in [0.25, 0.3) is 5.91 Å². The first-order valence-electron chi connectivity index (χ1n) is 9.39. The summed E-state index contributed by atoms with van der Waals surface area (Å²) in [4.78, 5) is 19.9. The maximum atomic E-state index is 13.9. The molecule has 0 bridgehead atoms. The fraction of sp³-hybridized carbons (Fsp3) is 0.400. The fourth-order valence-corrected chi connectivity index (χ4v) is 3.29. The van der Waals surface area contributed by atoms with Crippen LogP contribution in [0.5, 0.6) is 5.75 Å². The molecule has 0 radical (unpaired) electrons. The van der Waals surface area contributed by atoms with Crippen molar-refractivity contribution in [1.82, 2.24) is 15.1 Å². The lowest BCUT2D eigenvalue weighted by Gasteiger charge is -2.36. The van der Waals surface area contributed by atoms with E-state index in [1.807, 2.05) is 6.07 Å². The van der Waals surface area contributed by atoms with E-state index in [0.717, 1.165) is 37.7 Å². The summed E-state index contributed by atoms with van der Waals surface area (Å²) in [5.41, 5.74) is 6.12. The molecule has 3 rings (SSSR count). The summed E-state index contributed by atoms with van der Waals surface area (Å²) in [7, 11) is 3.19. The number of aliphatic imine (C=N–C) groups is 1. The smallest absolute Gasteiger partial charge is 0.284 e. The van der Waals surface area contributed by atoms with Gasteiger partial charge in [0, 0.05) is 39.8 Å². The lowest BCUT2D eigenvalue weighted by molar-refractivity contribution is 0.0972. The number of carbonyl (C=O) groups excluding carboxylic acids is 1. The molecule has 0 aliphatic carbocycles. The van der Waals surface area contributed by atoms with Crippen LogP contribution in [-0.2, 0) is 13.1 Å².